The molecule has 1 aromatic heterocycles. The lowest BCUT2D eigenvalue weighted by atomic mass is 10.2. The first-order valence-electron chi connectivity index (χ1n) is 5.35. The predicted molar refractivity (Wildman–Crippen MR) is 65.4 cm³/mol. The zero-order valence-electron chi connectivity index (χ0n) is 9.55. The Kier molecular flexibility index (Phi) is 3.75. The van der Waals surface area contributed by atoms with Gasteiger partial charge < -0.3 is 0 Å². The Morgan fingerprint density at radius 2 is 1.83 bits per heavy atom. The highest BCUT2D eigenvalue weighted by molar-refractivity contribution is 9.08. The topological polar surface area (TPSA) is 17.8 Å². The quantitative estimate of drug-likeness (QED) is 0.622. The van der Waals surface area contributed by atoms with E-state index in [-0.39, 0.29) is 5.69 Å². The first kappa shape index (κ1) is 13.1. The average Bonchev–Trinajstić information content (AvgIpc) is 2.76. The second-order valence-corrected chi connectivity index (χ2v) is 4.29. The zero-order valence-corrected chi connectivity index (χ0v) is 11.1. The molecule has 0 radical (unpaired) electrons. The van der Waals surface area contributed by atoms with Gasteiger partial charge >= 0.3 is 0 Å². The third-order valence-electron chi connectivity index (χ3n) is 2.65. The molecule has 0 atom stereocenters. The molecule has 0 saturated heterocycles. The van der Waals surface area contributed by atoms with Crippen molar-refractivity contribution in [2.45, 2.75) is 18.7 Å². The summed E-state index contributed by atoms with van der Waals surface area (Å²) < 4.78 is 41.0. The maximum Gasteiger partial charge on any atom is 0.161 e. The maximum absolute atomic E-state index is 13.7. The molecule has 1 heterocycles. The Labute approximate surface area is 111 Å². The van der Waals surface area contributed by atoms with Crippen LogP contribution < -0.4 is 0 Å². The summed E-state index contributed by atoms with van der Waals surface area (Å²) in [5, 5.41) is 4.59. The molecule has 0 aliphatic carbocycles. The Morgan fingerprint density at radius 1 is 1.17 bits per heavy atom. The van der Waals surface area contributed by atoms with Gasteiger partial charge in [-0.05, 0) is 6.42 Å². The van der Waals surface area contributed by atoms with Gasteiger partial charge in [-0.3, -0.25) is 0 Å². The van der Waals surface area contributed by atoms with Crippen LogP contribution in [0.1, 0.15) is 18.2 Å². The van der Waals surface area contributed by atoms with E-state index in [4.69, 9.17) is 0 Å². The van der Waals surface area contributed by atoms with E-state index in [2.05, 4.69) is 21.0 Å². The molecule has 2 rings (SSSR count). The van der Waals surface area contributed by atoms with Crippen LogP contribution in [-0.4, -0.2) is 9.78 Å². The van der Waals surface area contributed by atoms with E-state index in [0.29, 0.717) is 17.8 Å². The fourth-order valence-electron chi connectivity index (χ4n) is 1.78. The van der Waals surface area contributed by atoms with Crippen molar-refractivity contribution in [2.75, 3.05) is 0 Å². The Morgan fingerprint density at radius 3 is 2.44 bits per heavy atom. The standard InChI is InChI=1S/C12H10BrF3N2/c1-2-11-7(5-13)6-17-18(11)12-4-9(15)8(14)3-10(12)16/h3-4,6H,2,5H2,1H3. The smallest absolute Gasteiger partial charge is 0.161 e. The van der Waals surface area contributed by atoms with Crippen LogP contribution in [0.4, 0.5) is 13.2 Å². The molecule has 6 heteroatoms. The summed E-state index contributed by atoms with van der Waals surface area (Å²) in [5.74, 6) is -3.14. The minimum Gasteiger partial charge on any atom is -0.234 e. The van der Waals surface area contributed by atoms with Gasteiger partial charge in [-0.2, -0.15) is 5.10 Å². The van der Waals surface area contributed by atoms with Crippen molar-refractivity contribution < 1.29 is 13.2 Å². The van der Waals surface area contributed by atoms with Crippen molar-refractivity contribution in [2.24, 2.45) is 0 Å². The molecule has 18 heavy (non-hydrogen) atoms. The summed E-state index contributed by atoms with van der Waals surface area (Å²) in [6.45, 7) is 1.89. The molecule has 96 valence electrons. The Bertz CT molecular complexity index is 581. The van der Waals surface area contributed by atoms with E-state index < -0.39 is 17.5 Å². The zero-order chi connectivity index (χ0) is 13.3. The molecule has 0 N–H and O–H groups in total. The SMILES string of the molecule is CCc1c(CBr)cnn1-c1cc(F)c(F)cc1F. The van der Waals surface area contributed by atoms with Crippen molar-refractivity contribution in [3.8, 4) is 5.69 Å². The van der Waals surface area contributed by atoms with E-state index in [0.717, 1.165) is 17.3 Å². The van der Waals surface area contributed by atoms with Crippen molar-refractivity contribution in [1.29, 1.82) is 0 Å². The van der Waals surface area contributed by atoms with Crippen molar-refractivity contribution >= 4 is 15.9 Å². The van der Waals surface area contributed by atoms with Gasteiger partial charge in [0.15, 0.2) is 17.5 Å². The lowest BCUT2D eigenvalue weighted by molar-refractivity contribution is 0.491. The van der Waals surface area contributed by atoms with Gasteiger partial charge in [0, 0.05) is 28.7 Å². The summed E-state index contributed by atoms with van der Waals surface area (Å²) in [7, 11) is 0. The molecule has 1 aromatic carbocycles. The lowest BCUT2D eigenvalue weighted by Crippen LogP contribution is -2.06. The summed E-state index contributed by atoms with van der Waals surface area (Å²) >= 11 is 3.30. The predicted octanol–water partition coefficient (Wildman–Crippen LogP) is 3.75. The number of benzene rings is 1. The van der Waals surface area contributed by atoms with Crippen LogP contribution in [0.2, 0.25) is 0 Å². The van der Waals surface area contributed by atoms with Crippen LogP contribution in [0.15, 0.2) is 18.3 Å². The molecular weight excluding hydrogens is 309 g/mol. The number of rotatable bonds is 3. The number of nitrogens with zero attached hydrogens (tertiary/aromatic N) is 2. The monoisotopic (exact) mass is 318 g/mol. The molecule has 0 spiro atoms. The fourth-order valence-corrected chi connectivity index (χ4v) is 2.25. The van der Waals surface area contributed by atoms with Crippen molar-refractivity contribution in [3.05, 3.63) is 47.0 Å². The number of hydrogen-bond acceptors (Lipinski definition) is 1. The summed E-state index contributed by atoms with van der Waals surface area (Å²) in [4.78, 5) is 0. The maximum atomic E-state index is 13.7. The molecule has 0 unspecified atom stereocenters. The van der Waals surface area contributed by atoms with E-state index in [9.17, 15) is 13.2 Å². The van der Waals surface area contributed by atoms with E-state index in [1.54, 1.807) is 6.20 Å². The van der Waals surface area contributed by atoms with Crippen LogP contribution in [0.25, 0.3) is 5.69 Å². The average molecular weight is 319 g/mol. The van der Waals surface area contributed by atoms with Gasteiger partial charge in [0.25, 0.3) is 0 Å². The van der Waals surface area contributed by atoms with Gasteiger partial charge in [-0.25, -0.2) is 17.9 Å². The van der Waals surface area contributed by atoms with Gasteiger partial charge in [0.1, 0.15) is 5.69 Å². The minimum atomic E-state index is -1.21. The highest BCUT2D eigenvalue weighted by Crippen LogP contribution is 2.22. The molecule has 0 aliphatic rings. The molecule has 0 amide bonds. The number of hydrogen-bond donors (Lipinski definition) is 0. The third-order valence-corrected chi connectivity index (χ3v) is 3.26. The molecule has 0 fully saturated rings. The largest absolute Gasteiger partial charge is 0.234 e. The van der Waals surface area contributed by atoms with Gasteiger partial charge in [0.2, 0.25) is 0 Å². The molecular formula is C12H10BrF3N2. The lowest BCUT2D eigenvalue weighted by Gasteiger charge is -2.08. The first-order chi connectivity index (χ1) is 8.58. The first-order valence-corrected chi connectivity index (χ1v) is 6.47. The Balaban J connectivity index is 2.62. The molecule has 0 aliphatic heterocycles. The highest BCUT2D eigenvalue weighted by Gasteiger charge is 2.16. The molecule has 0 bridgehead atoms. The van der Waals surface area contributed by atoms with Crippen LogP contribution in [0.3, 0.4) is 0 Å². The molecule has 0 saturated carbocycles. The van der Waals surface area contributed by atoms with Crippen LogP contribution in [0, 0.1) is 17.5 Å². The normalized spacial score (nSPS) is 10.9. The van der Waals surface area contributed by atoms with Gasteiger partial charge in [0.05, 0.1) is 6.20 Å². The second-order valence-electron chi connectivity index (χ2n) is 3.73. The molecule has 2 nitrogen and oxygen atoms in total. The van der Waals surface area contributed by atoms with Gasteiger partial charge in [-0.15, -0.1) is 0 Å². The van der Waals surface area contributed by atoms with Crippen LogP contribution >= 0.6 is 15.9 Å². The third kappa shape index (κ3) is 2.16. The second kappa shape index (κ2) is 5.14. The number of halogens is 4. The number of alkyl halides is 1. The molecule has 2 aromatic rings. The fraction of sp³-hybridized carbons (Fsp3) is 0.250. The van der Waals surface area contributed by atoms with Crippen molar-refractivity contribution in [3.63, 3.8) is 0 Å². The Hall–Kier alpha value is -1.30. The summed E-state index contributed by atoms with van der Waals surface area (Å²) in [5.41, 5.74) is 1.57. The number of aromatic nitrogens is 2. The van der Waals surface area contributed by atoms with E-state index >= 15 is 0 Å². The van der Waals surface area contributed by atoms with Crippen LogP contribution in [0.5, 0.6) is 0 Å². The van der Waals surface area contributed by atoms with Crippen molar-refractivity contribution in [1.82, 2.24) is 9.78 Å². The minimum absolute atomic E-state index is 0.0852. The van der Waals surface area contributed by atoms with E-state index in [1.165, 1.54) is 4.68 Å². The summed E-state index contributed by atoms with van der Waals surface area (Å²) in [6.07, 6.45) is 2.19. The van der Waals surface area contributed by atoms with Crippen LogP contribution in [-0.2, 0) is 11.8 Å². The van der Waals surface area contributed by atoms with E-state index in [1.807, 2.05) is 6.92 Å². The highest BCUT2D eigenvalue weighted by atomic mass is 79.9. The van der Waals surface area contributed by atoms with Gasteiger partial charge in [-0.1, -0.05) is 22.9 Å². The summed E-state index contributed by atoms with van der Waals surface area (Å²) in [6, 6.07) is 1.34.